The second-order valence-corrected chi connectivity index (χ2v) is 5.10. The minimum absolute atomic E-state index is 0.116. The SMILES string of the molecule is O=C1ONC(C(F)(F)F)c2cc(Br)cc(Br)c21. The van der Waals surface area contributed by atoms with Crippen LogP contribution in [0.5, 0.6) is 0 Å². The lowest BCUT2D eigenvalue weighted by molar-refractivity contribution is -0.181. The standard InChI is InChI=1S/C9H4Br2F3NO2/c10-3-1-4-6(5(11)2-3)8(16)17-15-7(4)9(12,13)14/h1-2,7,15H. The first-order chi connectivity index (χ1) is 7.80. The topological polar surface area (TPSA) is 38.3 Å². The lowest BCUT2D eigenvalue weighted by Gasteiger charge is -2.27. The quantitative estimate of drug-likeness (QED) is 0.755. The van der Waals surface area contributed by atoms with Crippen molar-refractivity contribution in [3.8, 4) is 0 Å². The summed E-state index contributed by atoms with van der Waals surface area (Å²) in [6, 6.07) is 0.703. The molecule has 0 fully saturated rings. The average Bonchev–Trinajstić information content (AvgIpc) is 2.14. The predicted molar refractivity (Wildman–Crippen MR) is 59.2 cm³/mol. The number of fused-ring (bicyclic) bond motifs is 1. The molecule has 1 aliphatic heterocycles. The van der Waals surface area contributed by atoms with Crippen LogP contribution in [0.3, 0.4) is 0 Å². The van der Waals surface area contributed by atoms with Crippen LogP contribution >= 0.6 is 31.9 Å². The van der Waals surface area contributed by atoms with Gasteiger partial charge in [0.05, 0.1) is 5.56 Å². The van der Waals surface area contributed by atoms with Crippen molar-refractivity contribution >= 4 is 37.8 Å². The highest BCUT2D eigenvalue weighted by atomic mass is 79.9. The Labute approximate surface area is 111 Å². The Morgan fingerprint density at radius 3 is 2.53 bits per heavy atom. The van der Waals surface area contributed by atoms with Crippen LogP contribution in [0.1, 0.15) is 22.0 Å². The summed E-state index contributed by atoms with van der Waals surface area (Å²) in [5, 5.41) is 0. The van der Waals surface area contributed by atoms with Gasteiger partial charge in [-0.1, -0.05) is 15.9 Å². The number of carbonyl (C=O) groups excluding carboxylic acids is 1. The van der Waals surface area contributed by atoms with E-state index in [0.717, 1.165) is 0 Å². The molecule has 1 aromatic carbocycles. The molecule has 1 unspecified atom stereocenters. The minimum Gasteiger partial charge on any atom is -0.366 e. The molecule has 0 saturated carbocycles. The number of rotatable bonds is 0. The van der Waals surface area contributed by atoms with Crippen molar-refractivity contribution in [2.24, 2.45) is 0 Å². The molecule has 1 atom stereocenters. The summed E-state index contributed by atoms with van der Waals surface area (Å²) in [5.74, 6) is -0.847. The van der Waals surface area contributed by atoms with E-state index in [4.69, 9.17) is 0 Å². The van der Waals surface area contributed by atoms with Gasteiger partial charge in [-0.05, 0) is 33.6 Å². The number of benzene rings is 1. The van der Waals surface area contributed by atoms with Gasteiger partial charge in [-0.25, -0.2) is 4.79 Å². The maximum Gasteiger partial charge on any atom is 0.411 e. The summed E-state index contributed by atoms with van der Waals surface area (Å²) in [6.07, 6.45) is -4.55. The number of hydrogen-bond donors (Lipinski definition) is 1. The van der Waals surface area contributed by atoms with E-state index in [1.54, 1.807) is 5.48 Å². The second kappa shape index (κ2) is 4.25. The molecule has 0 amide bonds. The van der Waals surface area contributed by atoms with Gasteiger partial charge in [-0.3, -0.25) is 0 Å². The maximum absolute atomic E-state index is 12.7. The first-order valence-corrected chi connectivity index (χ1v) is 5.91. The fraction of sp³-hybridized carbons (Fsp3) is 0.222. The van der Waals surface area contributed by atoms with Crippen LogP contribution in [-0.2, 0) is 4.84 Å². The summed E-state index contributed by atoms with van der Waals surface area (Å²) in [4.78, 5) is 15.7. The monoisotopic (exact) mass is 373 g/mol. The molecule has 3 nitrogen and oxygen atoms in total. The van der Waals surface area contributed by atoms with E-state index in [2.05, 4.69) is 36.7 Å². The summed E-state index contributed by atoms with van der Waals surface area (Å²) < 4.78 is 38.9. The fourth-order valence-electron chi connectivity index (χ4n) is 1.51. The first-order valence-electron chi connectivity index (χ1n) is 4.33. The van der Waals surface area contributed by atoms with Crippen molar-refractivity contribution in [2.45, 2.75) is 12.2 Å². The van der Waals surface area contributed by atoms with Crippen LogP contribution < -0.4 is 5.48 Å². The molecule has 0 aromatic heterocycles. The van der Waals surface area contributed by atoms with Gasteiger partial charge in [0.2, 0.25) is 0 Å². The van der Waals surface area contributed by atoms with E-state index in [1.165, 1.54) is 12.1 Å². The highest BCUT2D eigenvalue weighted by Crippen LogP contribution is 2.40. The van der Waals surface area contributed by atoms with Crippen LogP contribution in [-0.4, -0.2) is 12.1 Å². The summed E-state index contributed by atoms with van der Waals surface area (Å²) in [5.41, 5.74) is 1.42. The van der Waals surface area contributed by atoms with Gasteiger partial charge < -0.3 is 4.84 Å². The molecule has 1 N–H and O–H groups in total. The Balaban J connectivity index is 2.63. The number of alkyl halides is 3. The Morgan fingerprint density at radius 2 is 1.94 bits per heavy atom. The molecule has 1 heterocycles. The van der Waals surface area contributed by atoms with Gasteiger partial charge in [0.15, 0.2) is 6.04 Å². The lowest BCUT2D eigenvalue weighted by atomic mass is 9.99. The zero-order valence-corrected chi connectivity index (χ0v) is 11.1. The summed E-state index contributed by atoms with van der Waals surface area (Å²) in [6.45, 7) is 0. The zero-order valence-electron chi connectivity index (χ0n) is 7.94. The fourth-order valence-corrected chi connectivity index (χ4v) is 2.93. The highest BCUT2D eigenvalue weighted by Gasteiger charge is 2.46. The van der Waals surface area contributed by atoms with E-state index in [9.17, 15) is 18.0 Å². The summed E-state index contributed by atoms with van der Waals surface area (Å²) >= 11 is 6.12. The third-order valence-corrected chi connectivity index (χ3v) is 3.28. The van der Waals surface area contributed by atoms with Gasteiger partial charge in [0.1, 0.15) is 0 Å². The van der Waals surface area contributed by atoms with Crippen LogP contribution in [0, 0.1) is 0 Å². The van der Waals surface area contributed by atoms with Crippen molar-refractivity contribution in [1.82, 2.24) is 5.48 Å². The Bertz CT molecular complexity index is 490. The predicted octanol–water partition coefficient (Wildman–Crippen LogP) is 3.49. The van der Waals surface area contributed by atoms with Gasteiger partial charge in [-0.15, -0.1) is 5.48 Å². The number of hydrogen-bond acceptors (Lipinski definition) is 3. The van der Waals surface area contributed by atoms with Crippen molar-refractivity contribution in [2.75, 3.05) is 0 Å². The van der Waals surface area contributed by atoms with Crippen molar-refractivity contribution in [3.63, 3.8) is 0 Å². The van der Waals surface area contributed by atoms with Gasteiger partial charge in [0, 0.05) is 8.95 Å². The Hall–Kier alpha value is -0.600. The van der Waals surface area contributed by atoms with Crippen LogP contribution in [0.2, 0.25) is 0 Å². The van der Waals surface area contributed by atoms with Crippen molar-refractivity contribution < 1.29 is 22.8 Å². The Kier molecular flexibility index (Phi) is 3.21. The molecule has 8 heteroatoms. The molecule has 1 aromatic rings. The molecule has 2 rings (SSSR count). The molecular weight excluding hydrogens is 371 g/mol. The number of halogens is 5. The van der Waals surface area contributed by atoms with Crippen LogP contribution in [0.15, 0.2) is 21.1 Å². The molecule has 17 heavy (non-hydrogen) atoms. The van der Waals surface area contributed by atoms with Gasteiger partial charge >= 0.3 is 12.1 Å². The zero-order chi connectivity index (χ0) is 12.8. The lowest BCUT2D eigenvalue weighted by Crippen LogP contribution is -2.40. The third kappa shape index (κ3) is 2.34. The molecule has 0 spiro atoms. The molecular formula is C9H4Br2F3NO2. The normalized spacial score (nSPS) is 19.8. The van der Waals surface area contributed by atoms with Gasteiger partial charge in [0.25, 0.3) is 0 Å². The Morgan fingerprint density at radius 1 is 1.29 bits per heavy atom. The van der Waals surface area contributed by atoms with E-state index in [1.807, 2.05) is 0 Å². The third-order valence-electron chi connectivity index (χ3n) is 2.20. The number of carbonyl (C=O) groups is 1. The van der Waals surface area contributed by atoms with E-state index in [-0.39, 0.29) is 15.6 Å². The molecule has 0 saturated heterocycles. The van der Waals surface area contributed by atoms with E-state index in [0.29, 0.717) is 4.47 Å². The molecule has 92 valence electrons. The molecule has 0 radical (unpaired) electrons. The van der Waals surface area contributed by atoms with E-state index < -0.39 is 18.2 Å². The first kappa shape index (κ1) is 12.8. The second-order valence-electron chi connectivity index (χ2n) is 3.33. The van der Waals surface area contributed by atoms with Crippen LogP contribution in [0.25, 0.3) is 0 Å². The molecule has 0 aliphatic carbocycles. The smallest absolute Gasteiger partial charge is 0.366 e. The summed E-state index contributed by atoms with van der Waals surface area (Å²) in [7, 11) is 0. The van der Waals surface area contributed by atoms with Crippen molar-refractivity contribution in [3.05, 3.63) is 32.2 Å². The number of nitrogens with one attached hydrogen (secondary N) is 1. The molecule has 1 aliphatic rings. The average molecular weight is 375 g/mol. The number of hydroxylamine groups is 1. The largest absolute Gasteiger partial charge is 0.411 e. The van der Waals surface area contributed by atoms with Crippen LogP contribution in [0.4, 0.5) is 13.2 Å². The minimum atomic E-state index is -4.55. The van der Waals surface area contributed by atoms with Gasteiger partial charge in [-0.2, -0.15) is 13.2 Å². The molecule has 0 bridgehead atoms. The van der Waals surface area contributed by atoms with Crippen molar-refractivity contribution in [1.29, 1.82) is 0 Å². The van der Waals surface area contributed by atoms with E-state index >= 15 is 0 Å². The highest BCUT2D eigenvalue weighted by molar-refractivity contribution is 9.11. The maximum atomic E-state index is 12.7.